The largest absolute Gasteiger partial charge is 0.354 e. The molecule has 6 heteroatoms. The lowest BCUT2D eigenvalue weighted by molar-refractivity contribution is -0.124. The monoisotopic (exact) mass is 343 g/mol. The zero-order valence-corrected chi connectivity index (χ0v) is 14.5. The summed E-state index contributed by atoms with van der Waals surface area (Å²) in [6, 6.07) is 7.52. The highest BCUT2D eigenvalue weighted by Gasteiger charge is 2.36. The number of carbonyl (C=O) groups is 2. The fourth-order valence-electron chi connectivity index (χ4n) is 3.21. The minimum atomic E-state index is -0.361. The molecule has 0 unspecified atom stereocenters. The SMILES string of the molecule is Cn1cc(C(=O)N2CSC[C@@H]2C(=O)NCC2CC2)c2ccccc21. The lowest BCUT2D eigenvalue weighted by Gasteiger charge is -2.23. The summed E-state index contributed by atoms with van der Waals surface area (Å²) in [5, 5.41) is 3.96. The fraction of sp³-hybridized carbons (Fsp3) is 0.444. The molecule has 24 heavy (non-hydrogen) atoms. The van der Waals surface area contributed by atoms with Gasteiger partial charge in [-0.15, -0.1) is 11.8 Å². The fourth-order valence-corrected chi connectivity index (χ4v) is 4.37. The molecule has 1 saturated heterocycles. The van der Waals surface area contributed by atoms with Crippen LogP contribution in [0.1, 0.15) is 23.2 Å². The number of para-hydroxylation sites is 1. The van der Waals surface area contributed by atoms with Crippen LogP contribution in [0.4, 0.5) is 0 Å². The Balaban J connectivity index is 1.56. The van der Waals surface area contributed by atoms with Crippen molar-refractivity contribution in [3.8, 4) is 0 Å². The third-order valence-corrected chi connectivity index (χ3v) is 5.85. The van der Waals surface area contributed by atoms with E-state index in [0.29, 0.717) is 23.1 Å². The van der Waals surface area contributed by atoms with E-state index in [1.165, 1.54) is 12.8 Å². The van der Waals surface area contributed by atoms with Gasteiger partial charge in [-0.2, -0.15) is 0 Å². The second kappa shape index (κ2) is 6.16. The Morgan fingerprint density at radius 3 is 2.88 bits per heavy atom. The predicted molar refractivity (Wildman–Crippen MR) is 95.9 cm³/mol. The molecule has 2 amide bonds. The summed E-state index contributed by atoms with van der Waals surface area (Å²) >= 11 is 1.64. The summed E-state index contributed by atoms with van der Waals surface area (Å²) in [7, 11) is 1.94. The number of thioether (sulfide) groups is 1. The first-order valence-electron chi connectivity index (χ1n) is 8.35. The van der Waals surface area contributed by atoms with Crippen molar-refractivity contribution < 1.29 is 9.59 Å². The van der Waals surface area contributed by atoms with E-state index >= 15 is 0 Å². The molecule has 2 aliphatic rings. The number of amides is 2. The number of aryl methyl sites for hydroxylation is 1. The van der Waals surface area contributed by atoms with Crippen molar-refractivity contribution in [2.75, 3.05) is 18.2 Å². The van der Waals surface area contributed by atoms with Gasteiger partial charge >= 0.3 is 0 Å². The molecule has 0 radical (unpaired) electrons. The third-order valence-electron chi connectivity index (χ3n) is 4.84. The number of aromatic nitrogens is 1. The Kier molecular flexibility index (Phi) is 4.00. The summed E-state index contributed by atoms with van der Waals surface area (Å²) in [6.07, 6.45) is 4.28. The van der Waals surface area contributed by atoms with Gasteiger partial charge in [-0.1, -0.05) is 18.2 Å². The summed E-state index contributed by atoms with van der Waals surface area (Å²) < 4.78 is 1.97. The molecule has 2 fully saturated rings. The van der Waals surface area contributed by atoms with E-state index in [1.54, 1.807) is 16.7 Å². The summed E-state index contributed by atoms with van der Waals surface area (Å²) in [6.45, 7) is 0.746. The van der Waals surface area contributed by atoms with Gasteiger partial charge in [-0.05, 0) is 24.8 Å². The topological polar surface area (TPSA) is 54.3 Å². The number of hydrogen-bond acceptors (Lipinski definition) is 3. The lowest BCUT2D eigenvalue weighted by atomic mass is 10.1. The molecule has 126 valence electrons. The maximum absolute atomic E-state index is 13.1. The van der Waals surface area contributed by atoms with Crippen LogP contribution in [0, 0.1) is 5.92 Å². The molecular weight excluding hydrogens is 322 g/mol. The number of carbonyl (C=O) groups excluding carboxylic acids is 2. The first kappa shape index (κ1) is 15.6. The second-order valence-corrected chi connectivity index (χ2v) is 7.65. The molecule has 1 aliphatic carbocycles. The van der Waals surface area contributed by atoms with Crippen LogP contribution in [0.25, 0.3) is 10.9 Å². The zero-order valence-electron chi connectivity index (χ0n) is 13.7. The molecule has 1 N–H and O–H groups in total. The van der Waals surface area contributed by atoms with Gasteiger partial charge < -0.3 is 14.8 Å². The summed E-state index contributed by atoms with van der Waals surface area (Å²) in [5.41, 5.74) is 1.71. The van der Waals surface area contributed by atoms with Crippen LogP contribution in [0.15, 0.2) is 30.5 Å². The van der Waals surface area contributed by atoms with E-state index in [9.17, 15) is 9.59 Å². The van der Waals surface area contributed by atoms with Gasteiger partial charge in [0, 0.05) is 36.4 Å². The number of benzene rings is 1. The summed E-state index contributed by atoms with van der Waals surface area (Å²) in [4.78, 5) is 27.2. The molecule has 1 aromatic carbocycles. The normalized spacial score (nSPS) is 20.5. The standard InChI is InChI=1S/C18H21N3O2S/c1-20-9-14(13-4-2-3-5-15(13)20)18(23)21-11-24-10-16(21)17(22)19-8-12-6-7-12/h2-5,9,12,16H,6-8,10-11H2,1H3,(H,19,22)/t16-/m1/s1. The van der Waals surface area contributed by atoms with Gasteiger partial charge in [0.15, 0.2) is 0 Å². The molecule has 1 atom stereocenters. The van der Waals surface area contributed by atoms with E-state index in [2.05, 4.69) is 5.32 Å². The van der Waals surface area contributed by atoms with Gasteiger partial charge in [0.05, 0.1) is 11.4 Å². The Hall–Kier alpha value is -1.95. The van der Waals surface area contributed by atoms with E-state index in [1.807, 2.05) is 42.1 Å². The van der Waals surface area contributed by atoms with E-state index in [4.69, 9.17) is 0 Å². The van der Waals surface area contributed by atoms with Crippen LogP contribution in [0.2, 0.25) is 0 Å². The van der Waals surface area contributed by atoms with E-state index < -0.39 is 0 Å². The molecule has 0 spiro atoms. The number of nitrogens with one attached hydrogen (secondary N) is 1. The van der Waals surface area contributed by atoms with Crippen LogP contribution in [-0.4, -0.2) is 45.5 Å². The highest BCUT2D eigenvalue weighted by atomic mass is 32.2. The highest BCUT2D eigenvalue weighted by molar-refractivity contribution is 7.99. The molecule has 2 aromatic rings. The van der Waals surface area contributed by atoms with Gasteiger partial charge in [-0.3, -0.25) is 9.59 Å². The highest BCUT2D eigenvalue weighted by Crippen LogP contribution is 2.29. The van der Waals surface area contributed by atoms with Crippen LogP contribution >= 0.6 is 11.8 Å². The second-order valence-electron chi connectivity index (χ2n) is 6.65. The van der Waals surface area contributed by atoms with Crippen LogP contribution in [-0.2, 0) is 11.8 Å². The molecule has 0 bridgehead atoms. The average Bonchev–Trinajstić information content (AvgIpc) is 3.19. The minimum absolute atomic E-state index is 0.0134. The molecule has 1 aliphatic heterocycles. The van der Waals surface area contributed by atoms with Crippen molar-refractivity contribution in [2.45, 2.75) is 18.9 Å². The van der Waals surface area contributed by atoms with Crippen molar-refractivity contribution >= 4 is 34.5 Å². The van der Waals surface area contributed by atoms with Crippen molar-refractivity contribution in [1.82, 2.24) is 14.8 Å². The number of hydrogen-bond donors (Lipinski definition) is 1. The van der Waals surface area contributed by atoms with Gasteiger partial charge in [-0.25, -0.2) is 0 Å². The molecule has 4 rings (SSSR count). The van der Waals surface area contributed by atoms with Crippen molar-refractivity contribution in [3.63, 3.8) is 0 Å². The Morgan fingerprint density at radius 1 is 1.29 bits per heavy atom. The first-order valence-corrected chi connectivity index (χ1v) is 9.51. The minimum Gasteiger partial charge on any atom is -0.354 e. The molecule has 5 nitrogen and oxygen atoms in total. The number of fused-ring (bicyclic) bond motifs is 1. The molecule has 1 aromatic heterocycles. The van der Waals surface area contributed by atoms with Crippen molar-refractivity contribution in [3.05, 3.63) is 36.0 Å². The van der Waals surface area contributed by atoms with E-state index in [0.717, 1.165) is 17.4 Å². The van der Waals surface area contributed by atoms with Crippen molar-refractivity contribution in [1.29, 1.82) is 0 Å². The Labute approximate surface area is 145 Å². The molecule has 2 heterocycles. The quantitative estimate of drug-likeness (QED) is 0.926. The van der Waals surface area contributed by atoms with Crippen molar-refractivity contribution in [2.24, 2.45) is 13.0 Å². The lowest BCUT2D eigenvalue weighted by Crippen LogP contribution is -2.47. The van der Waals surface area contributed by atoms with E-state index in [-0.39, 0.29) is 17.9 Å². The van der Waals surface area contributed by atoms with Gasteiger partial charge in [0.25, 0.3) is 5.91 Å². The zero-order chi connectivity index (χ0) is 16.7. The molecule has 1 saturated carbocycles. The Morgan fingerprint density at radius 2 is 2.08 bits per heavy atom. The van der Waals surface area contributed by atoms with Crippen LogP contribution in [0.5, 0.6) is 0 Å². The maximum Gasteiger partial charge on any atom is 0.257 e. The number of rotatable bonds is 4. The summed E-state index contributed by atoms with van der Waals surface area (Å²) in [5.74, 6) is 1.82. The number of nitrogens with zero attached hydrogens (tertiary/aromatic N) is 2. The smallest absolute Gasteiger partial charge is 0.257 e. The Bertz CT molecular complexity index is 797. The third kappa shape index (κ3) is 2.79. The maximum atomic E-state index is 13.1. The van der Waals surface area contributed by atoms with Crippen LogP contribution in [0.3, 0.4) is 0 Å². The van der Waals surface area contributed by atoms with Gasteiger partial charge in [0.1, 0.15) is 6.04 Å². The van der Waals surface area contributed by atoms with Crippen LogP contribution < -0.4 is 5.32 Å². The van der Waals surface area contributed by atoms with Gasteiger partial charge in [0.2, 0.25) is 5.91 Å². The molecular formula is C18H21N3O2S. The predicted octanol–water partition coefficient (Wildman–Crippen LogP) is 2.22. The average molecular weight is 343 g/mol. The first-order chi connectivity index (χ1) is 11.6.